The third-order valence-corrected chi connectivity index (χ3v) is 3.66. The van der Waals surface area contributed by atoms with E-state index in [4.69, 9.17) is 0 Å². The number of benzene rings is 1. The lowest BCUT2D eigenvalue weighted by Crippen LogP contribution is -1.99. The number of nitrogens with one attached hydrogen (secondary N) is 1. The molecule has 0 unspecified atom stereocenters. The minimum absolute atomic E-state index is 0.324. The molecule has 0 fully saturated rings. The van der Waals surface area contributed by atoms with Crippen molar-refractivity contribution in [3.05, 3.63) is 40.2 Å². The Morgan fingerprint density at radius 1 is 1.42 bits per heavy atom. The number of carbonyl (C=O) groups excluding carboxylic acids is 1. The second kappa shape index (κ2) is 5.36. The van der Waals surface area contributed by atoms with Crippen LogP contribution in [0.3, 0.4) is 0 Å². The molecule has 6 heteroatoms. The fraction of sp³-hybridized carbons (Fsp3) is 0.231. The second-order valence-corrected chi connectivity index (χ2v) is 5.01. The van der Waals surface area contributed by atoms with Crippen molar-refractivity contribution in [1.82, 2.24) is 4.98 Å². The first-order valence-corrected chi connectivity index (χ1v) is 6.42. The first kappa shape index (κ1) is 13.5. The lowest BCUT2D eigenvalue weighted by Gasteiger charge is -2.06. The number of ether oxygens (including phenoxy) is 1. The molecule has 4 nitrogen and oxygen atoms in total. The quantitative estimate of drug-likeness (QED) is 0.875. The number of thiazole rings is 1. The monoisotopic (exact) mass is 280 g/mol. The number of rotatable bonds is 3. The largest absolute Gasteiger partial charge is 0.465 e. The Morgan fingerprint density at radius 3 is 2.84 bits per heavy atom. The summed E-state index contributed by atoms with van der Waals surface area (Å²) in [4.78, 5) is 16.2. The summed E-state index contributed by atoms with van der Waals surface area (Å²) in [5.74, 6) is -0.742. The van der Waals surface area contributed by atoms with E-state index in [1.165, 1.54) is 30.6 Å². The van der Waals surface area contributed by atoms with E-state index in [0.717, 1.165) is 5.56 Å². The molecule has 1 heterocycles. The summed E-state index contributed by atoms with van der Waals surface area (Å²) in [6.07, 6.45) is 0. The normalized spacial score (nSPS) is 10.3. The molecule has 1 N–H and O–H groups in total. The van der Waals surface area contributed by atoms with Crippen molar-refractivity contribution >= 4 is 28.1 Å². The summed E-state index contributed by atoms with van der Waals surface area (Å²) >= 11 is 1.18. The van der Waals surface area contributed by atoms with Gasteiger partial charge in [-0.25, -0.2) is 14.2 Å². The molecule has 0 spiro atoms. The van der Waals surface area contributed by atoms with Gasteiger partial charge in [-0.15, -0.1) is 0 Å². The average Bonchev–Trinajstić information content (AvgIpc) is 2.74. The highest BCUT2D eigenvalue weighted by atomic mass is 32.1. The van der Waals surface area contributed by atoms with E-state index in [1.54, 1.807) is 13.0 Å². The van der Waals surface area contributed by atoms with Gasteiger partial charge < -0.3 is 10.1 Å². The van der Waals surface area contributed by atoms with E-state index in [0.29, 0.717) is 21.4 Å². The summed E-state index contributed by atoms with van der Waals surface area (Å²) in [7, 11) is 1.32. The zero-order valence-electron chi connectivity index (χ0n) is 10.8. The minimum Gasteiger partial charge on any atom is -0.465 e. The van der Waals surface area contributed by atoms with Crippen LogP contribution >= 0.6 is 11.3 Å². The molecule has 0 saturated heterocycles. The van der Waals surface area contributed by atoms with Crippen LogP contribution in [0, 0.1) is 19.7 Å². The molecule has 19 heavy (non-hydrogen) atoms. The number of anilines is 2. The lowest BCUT2D eigenvalue weighted by atomic mass is 10.2. The van der Waals surface area contributed by atoms with Crippen molar-refractivity contribution in [2.24, 2.45) is 0 Å². The van der Waals surface area contributed by atoms with Gasteiger partial charge in [0, 0.05) is 5.69 Å². The van der Waals surface area contributed by atoms with Gasteiger partial charge in [0.05, 0.1) is 12.8 Å². The zero-order chi connectivity index (χ0) is 14.0. The van der Waals surface area contributed by atoms with Crippen LogP contribution < -0.4 is 5.32 Å². The Hall–Kier alpha value is -1.95. The number of hydrogen-bond acceptors (Lipinski definition) is 5. The van der Waals surface area contributed by atoms with Crippen molar-refractivity contribution in [1.29, 1.82) is 0 Å². The van der Waals surface area contributed by atoms with Gasteiger partial charge in [0.2, 0.25) is 0 Å². The van der Waals surface area contributed by atoms with Gasteiger partial charge in [0.25, 0.3) is 0 Å². The highest BCUT2D eigenvalue weighted by molar-refractivity contribution is 7.17. The van der Waals surface area contributed by atoms with E-state index in [1.807, 2.05) is 6.92 Å². The molecule has 0 amide bonds. The van der Waals surface area contributed by atoms with Crippen LogP contribution in [0.25, 0.3) is 0 Å². The third-order valence-electron chi connectivity index (χ3n) is 2.61. The van der Waals surface area contributed by atoms with Crippen LogP contribution in [0.1, 0.15) is 20.9 Å². The molecule has 0 radical (unpaired) electrons. The van der Waals surface area contributed by atoms with Gasteiger partial charge in [0.15, 0.2) is 5.13 Å². The summed E-state index contributed by atoms with van der Waals surface area (Å²) in [6.45, 7) is 3.59. The maximum absolute atomic E-state index is 13.2. The summed E-state index contributed by atoms with van der Waals surface area (Å²) in [6, 6.07) is 4.47. The van der Waals surface area contributed by atoms with Crippen molar-refractivity contribution in [2.75, 3.05) is 12.4 Å². The molecular weight excluding hydrogens is 267 g/mol. The molecule has 0 atom stereocenters. The smallest absolute Gasteiger partial charge is 0.350 e. The van der Waals surface area contributed by atoms with E-state index >= 15 is 0 Å². The number of methoxy groups -OCH3 is 1. The van der Waals surface area contributed by atoms with Crippen LogP contribution in [0.4, 0.5) is 15.2 Å². The van der Waals surface area contributed by atoms with Crippen molar-refractivity contribution in [3.63, 3.8) is 0 Å². The van der Waals surface area contributed by atoms with Crippen LogP contribution in [-0.2, 0) is 4.74 Å². The molecule has 2 rings (SSSR count). The highest BCUT2D eigenvalue weighted by Crippen LogP contribution is 2.28. The maximum Gasteiger partial charge on any atom is 0.350 e. The van der Waals surface area contributed by atoms with Gasteiger partial charge in [-0.3, -0.25) is 0 Å². The standard InChI is InChI=1S/C13H13FN2O2S/c1-7-4-5-9(14)6-10(7)16-13-15-8(2)11(19-13)12(17)18-3/h4-6H,1-3H3,(H,15,16). The highest BCUT2D eigenvalue weighted by Gasteiger charge is 2.16. The van der Waals surface area contributed by atoms with E-state index in [-0.39, 0.29) is 5.82 Å². The molecule has 0 aliphatic carbocycles. The Bertz CT molecular complexity index is 625. The number of esters is 1. The van der Waals surface area contributed by atoms with Crippen LogP contribution in [0.2, 0.25) is 0 Å². The predicted octanol–water partition coefficient (Wildman–Crippen LogP) is 3.43. The Balaban J connectivity index is 2.29. The van der Waals surface area contributed by atoms with Crippen molar-refractivity contribution in [3.8, 4) is 0 Å². The molecule has 1 aromatic heterocycles. The number of carbonyl (C=O) groups is 1. The molecule has 100 valence electrons. The second-order valence-electron chi connectivity index (χ2n) is 4.01. The van der Waals surface area contributed by atoms with Gasteiger partial charge in [-0.2, -0.15) is 0 Å². The van der Waals surface area contributed by atoms with Crippen molar-refractivity contribution in [2.45, 2.75) is 13.8 Å². The minimum atomic E-state index is -0.418. The fourth-order valence-electron chi connectivity index (χ4n) is 1.58. The molecule has 0 bridgehead atoms. The summed E-state index contributed by atoms with van der Waals surface area (Å²) in [5.41, 5.74) is 2.12. The molecular formula is C13H13FN2O2S. The lowest BCUT2D eigenvalue weighted by molar-refractivity contribution is 0.0605. The Kier molecular flexibility index (Phi) is 3.80. The summed E-state index contributed by atoms with van der Waals surface area (Å²) < 4.78 is 17.9. The third kappa shape index (κ3) is 2.90. The van der Waals surface area contributed by atoms with Gasteiger partial charge in [0.1, 0.15) is 10.7 Å². The summed E-state index contributed by atoms with van der Waals surface area (Å²) in [5, 5.41) is 3.55. The van der Waals surface area contributed by atoms with Crippen molar-refractivity contribution < 1.29 is 13.9 Å². The number of halogens is 1. The number of hydrogen-bond donors (Lipinski definition) is 1. The van der Waals surface area contributed by atoms with E-state index < -0.39 is 5.97 Å². The van der Waals surface area contributed by atoms with Crippen LogP contribution in [-0.4, -0.2) is 18.1 Å². The Morgan fingerprint density at radius 2 is 2.16 bits per heavy atom. The van der Waals surface area contributed by atoms with Gasteiger partial charge >= 0.3 is 5.97 Å². The number of aromatic nitrogens is 1. The first-order chi connectivity index (χ1) is 9.01. The molecule has 0 aliphatic rings. The molecule has 0 saturated carbocycles. The molecule has 2 aromatic rings. The SMILES string of the molecule is COC(=O)c1sc(Nc2cc(F)ccc2C)nc1C. The van der Waals surface area contributed by atoms with Gasteiger partial charge in [-0.05, 0) is 31.5 Å². The number of aryl methyl sites for hydroxylation is 2. The molecule has 1 aromatic carbocycles. The fourth-order valence-corrected chi connectivity index (χ4v) is 2.47. The zero-order valence-corrected chi connectivity index (χ0v) is 11.6. The average molecular weight is 280 g/mol. The van der Waals surface area contributed by atoms with Gasteiger partial charge in [-0.1, -0.05) is 17.4 Å². The van der Waals surface area contributed by atoms with E-state index in [2.05, 4.69) is 15.0 Å². The maximum atomic E-state index is 13.2. The van der Waals surface area contributed by atoms with E-state index in [9.17, 15) is 9.18 Å². The Labute approximate surface area is 114 Å². The first-order valence-electron chi connectivity index (χ1n) is 5.60. The van der Waals surface area contributed by atoms with Crippen LogP contribution in [0.15, 0.2) is 18.2 Å². The topological polar surface area (TPSA) is 51.2 Å². The number of nitrogens with zero attached hydrogens (tertiary/aromatic N) is 1. The molecule has 0 aliphatic heterocycles. The van der Waals surface area contributed by atoms with Crippen LogP contribution in [0.5, 0.6) is 0 Å². The predicted molar refractivity (Wildman–Crippen MR) is 72.6 cm³/mol.